The molecule has 0 aliphatic carbocycles. The van der Waals surface area contributed by atoms with Crippen molar-refractivity contribution in [1.29, 1.82) is 0 Å². The van der Waals surface area contributed by atoms with Crippen LogP contribution < -0.4 is 5.32 Å². The fraction of sp³-hybridized carbons (Fsp3) is 0.381. The van der Waals surface area contributed by atoms with E-state index in [0.29, 0.717) is 23.8 Å². The summed E-state index contributed by atoms with van der Waals surface area (Å²) >= 11 is 0. The summed E-state index contributed by atoms with van der Waals surface area (Å²) < 4.78 is 19.2. The minimum absolute atomic E-state index is 0.341. The molecule has 2 aromatic carbocycles. The van der Waals surface area contributed by atoms with Gasteiger partial charge in [0.1, 0.15) is 5.82 Å². The number of carbonyl (C=O) groups is 1. The maximum absolute atomic E-state index is 13.8. The van der Waals surface area contributed by atoms with Gasteiger partial charge in [-0.05, 0) is 57.6 Å². The Labute approximate surface area is 154 Å². The summed E-state index contributed by atoms with van der Waals surface area (Å²) in [5.74, 6) is 0.0323. The molecule has 3 rings (SSSR count). The molecule has 1 aliphatic rings. The number of rotatable bonds is 4. The molecule has 1 atom stereocenters. The van der Waals surface area contributed by atoms with Gasteiger partial charge in [0, 0.05) is 18.0 Å². The largest absolute Gasteiger partial charge is 0.449 e. The third-order valence-corrected chi connectivity index (χ3v) is 4.69. The molecule has 1 fully saturated rings. The van der Waals surface area contributed by atoms with Gasteiger partial charge in [-0.25, -0.2) is 9.18 Å². The number of hydrogen-bond acceptors (Lipinski definition) is 3. The van der Waals surface area contributed by atoms with Gasteiger partial charge in [0.2, 0.25) is 0 Å². The number of benzene rings is 2. The van der Waals surface area contributed by atoms with E-state index in [0.717, 1.165) is 36.2 Å². The van der Waals surface area contributed by atoms with E-state index in [1.165, 1.54) is 12.1 Å². The monoisotopic (exact) mass is 356 g/mol. The minimum atomic E-state index is -0.503. The van der Waals surface area contributed by atoms with Gasteiger partial charge in [-0.3, -0.25) is 5.32 Å². The Kier molecular flexibility index (Phi) is 5.57. The van der Waals surface area contributed by atoms with E-state index in [1.54, 1.807) is 6.07 Å². The summed E-state index contributed by atoms with van der Waals surface area (Å²) in [5, 5.41) is 2.77. The molecule has 1 amide bonds. The Balaban J connectivity index is 1.74. The van der Waals surface area contributed by atoms with E-state index < -0.39 is 6.09 Å². The number of halogens is 1. The fourth-order valence-electron chi connectivity index (χ4n) is 3.50. The number of amides is 1. The highest BCUT2D eigenvalue weighted by atomic mass is 19.1. The van der Waals surface area contributed by atoms with Crippen LogP contribution in [0.25, 0.3) is 11.1 Å². The molecule has 0 saturated carbocycles. The van der Waals surface area contributed by atoms with Crippen LogP contribution in [-0.2, 0) is 4.74 Å². The smallest absolute Gasteiger partial charge is 0.411 e. The van der Waals surface area contributed by atoms with Crippen LogP contribution in [0, 0.1) is 25.6 Å². The summed E-state index contributed by atoms with van der Waals surface area (Å²) in [6.45, 7) is 6.37. The zero-order chi connectivity index (χ0) is 18.7. The molecule has 26 heavy (non-hydrogen) atoms. The summed E-state index contributed by atoms with van der Waals surface area (Å²) in [6.07, 6.45) is 0.533. The van der Waals surface area contributed by atoms with E-state index >= 15 is 0 Å². The van der Waals surface area contributed by atoms with Crippen molar-refractivity contribution in [3.63, 3.8) is 0 Å². The molecule has 0 aromatic heterocycles. The van der Waals surface area contributed by atoms with Crippen LogP contribution in [0.3, 0.4) is 0 Å². The molecule has 1 N–H and O–H groups in total. The van der Waals surface area contributed by atoms with Crippen LogP contribution >= 0.6 is 0 Å². The lowest BCUT2D eigenvalue weighted by molar-refractivity contribution is 0.142. The summed E-state index contributed by atoms with van der Waals surface area (Å²) in [7, 11) is 2.06. The van der Waals surface area contributed by atoms with Gasteiger partial charge in [0.15, 0.2) is 0 Å². The number of carbonyl (C=O) groups excluding carboxylic acids is 1. The molecule has 1 unspecified atom stereocenters. The van der Waals surface area contributed by atoms with Crippen LogP contribution in [0.4, 0.5) is 14.9 Å². The first-order chi connectivity index (χ1) is 12.4. The topological polar surface area (TPSA) is 41.6 Å². The first-order valence-electron chi connectivity index (χ1n) is 8.91. The number of likely N-dealkylation sites (tertiary alicyclic amines) is 1. The van der Waals surface area contributed by atoms with Crippen molar-refractivity contribution in [3.05, 3.63) is 53.3 Å². The van der Waals surface area contributed by atoms with E-state index in [-0.39, 0.29) is 5.82 Å². The number of nitrogens with one attached hydrogen (secondary N) is 1. The fourth-order valence-corrected chi connectivity index (χ4v) is 3.50. The van der Waals surface area contributed by atoms with E-state index in [4.69, 9.17) is 4.74 Å². The van der Waals surface area contributed by atoms with Gasteiger partial charge in [0.05, 0.1) is 12.3 Å². The maximum Gasteiger partial charge on any atom is 0.411 e. The molecule has 1 heterocycles. The van der Waals surface area contributed by atoms with Crippen LogP contribution in [0.2, 0.25) is 0 Å². The third-order valence-electron chi connectivity index (χ3n) is 4.69. The van der Waals surface area contributed by atoms with E-state index in [2.05, 4.69) is 23.3 Å². The molecule has 1 aliphatic heterocycles. The van der Waals surface area contributed by atoms with Crippen LogP contribution in [0.5, 0.6) is 0 Å². The van der Waals surface area contributed by atoms with E-state index in [1.807, 2.05) is 26.0 Å². The van der Waals surface area contributed by atoms with Crippen molar-refractivity contribution in [2.75, 3.05) is 32.1 Å². The van der Waals surface area contributed by atoms with Crippen LogP contribution in [0.1, 0.15) is 17.5 Å². The zero-order valence-corrected chi connectivity index (χ0v) is 15.5. The molecule has 0 bridgehead atoms. The molecule has 138 valence electrons. The summed E-state index contributed by atoms with van der Waals surface area (Å²) in [6, 6.07) is 10.4. The normalized spacial score (nSPS) is 17.3. The van der Waals surface area contributed by atoms with Gasteiger partial charge < -0.3 is 9.64 Å². The highest BCUT2D eigenvalue weighted by molar-refractivity contribution is 5.91. The third kappa shape index (κ3) is 4.61. The number of hydrogen-bond donors (Lipinski definition) is 1. The predicted octanol–water partition coefficient (Wildman–Crippen LogP) is 4.61. The SMILES string of the molecule is Cc1cc(C)cc(-c2cc(F)ccc2NC(=O)OCC2CCN(C)C2)c1. The number of nitrogens with zero attached hydrogens (tertiary/aromatic N) is 1. The maximum atomic E-state index is 13.8. The molecular weight excluding hydrogens is 331 g/mol. The first kappa shape index (κ1) is 18.4. The Bertz CT molecular complexity index is 786. The van der Waals surface area contributed by atoms with Crippen molar-refractivity contribution >= 4 is 11.8 Å². The van der Waals surface area contributed by atoms with Crippen molar-refractivity contribution in [1.82, 2.24) is 4.90 Å². The van der Waals surface area contributed by atoms with Gasteiger partial charge in [-0.15, -0.1) is 0 Å². The number of ether oxygens (including phenoxy) is 1. The standard InChI is InChI=1S/C21H25FN2O2/c1-14-8-15(2)10-17(9-14)19-11-18(22)4-5-20(19)23-21(25)26-13-16-6-7-24(3)12-16/h4-5,8-11,16H,6-7,12-13H2,1-3H3,(H,23,25). The molecule has 4 nitrogen and oxygen atoms in total. The van der Waals surface area contributed by atoms with Gasteiger partial charge >= 0.3 is 6.09 Å². The second kappa shape index (κ2) is 7.87. The Morgan fingerprint density at radius 3 is 2.62 bits per heavy atom. The number of aryl methyl sites for hydroxylation is 2. The lowest BCUT2D eigenvalue weighted by Crippen LogP contribution is -2.21. The molecule has 0 spiro atoms. The van der Waals surface area contributed by atoms with Crippen LogP contribution in [0.15, 0.2) is 36.4 Å². The molecule has 5 heteroatoms. The average molecular weight is 356 g/mol. The molecule has 2 aromatic rings. The quantitative estimate of drug-likeness (QED) is 0.870. The molecule has 1 saturated heterocycles. The highest BCUT2D eigenvalue weighted by Crippen LogP contribution is 2.30. The van der Waals surface area contributed by atoms with Gasteiger partial charge in [0.25, 0.3) is 0 Å². The average Bonchev–Trinajstić information content (AvgIpc) is 2.99. The minimum Gasteiger partial charge on any atom is -0.449 e. The van der Waals surface area contributed by atoms with Crippen LogP contribution in [-0.4, -0.2) is 37.7 Å². The second-order valence-electron chi connectivity index (χ2n) is 7.21. The lowest BCUT2D eigenvalue weighted by Gasteiger charge is -2.15. The van der Waals surface area contributed by atoms with E-state index in [9.17, 15) is 9.18 Å². The Morgan fingerprint density at radius 1 is 1.23 bits per heavy atom. The van der Waals surface area contributed by atoms with Gasteiger partial charge in [-0.2, -0.15) is 0 Å². The van der Waals surface area contributed by atoms with Gasteiger partial charge in [-0.1, -0.05) is 29.3 Å². The van der Waals surface area contributed by atoms with Crippen molar-refractivity contribution < 1.29 is 13.9 Å². The first-order valence-corrected chi connectivity index (χ1v) is 8.91. The summed E-state index contributed by atoms with van der Waals surface area (Å²) in [4.78, 5) is 14.4. The number of anilines is 1. The molecule has 0 radical (unpaired) electrons. The van der Waals surface area contributed by atoms with Crippen molar-refractivity contribution in [3.8, 4) is 11.1 Å². The van der Waals surface area contributed by atoms with Crippen molar-refractivity contribution in [2.45, 2.75) is 20.3 Å². The van der Waals surface area contributed by atoms with Crippen molar-refractivity contribution in [2.24, 2.45) is 5.92 Å². The second-order valence-corrected chi connectivity index (χ2v) is 7.21. The lowest BCUT2D eigenvalue weighted by atomic mass is 9.99. The summed E-state index contributed by atoms with van der Waals surface area (Å²) in [5.41, 5.74) is 4.24. The molecular formula is C21H25FN2O2. The Morgan fingerprint density at radius 2 is 1.96 bits per heavy atom. The Hall–Kier alpha value is -2.40. The predicted molar refractivity (Wildman–Crippen MR) is 102 cm³/mol. The zero-order valence-electron chi connectivity index (χ0n) is 15.5. The highest BCUT2D eigenvalue weighted by Gasteiger charge is 2.21.